The molecule has 1 fully saturated rings. The summed E-state index contributed by atoms with van der Waals surface area (Å²) in [5.41, 5.74) is 7.54. The van der Waals surface area contributed by atoms with E-state index in [2.05, 4.69) is 24.8 Å². The summed E-state index contributed by atoms with van der Waals surface area (Å²) in [4.78, 5) is 14.3. The number of amides is 1. The van der Waals surface area contributed by atoms with Crippen LogP contribution in [-0.4, -0.2) is 23.9 Å². The molecule has 21 heavy (non-hydrogen) atoms. The molecule has 3 nitrogen and oxygen atoms in total. The van der Waals surface area contributed by atoms with Gasteiger partial charge < -0.3 is 10.6 Å². The standard InChI is InChI=1S/C18H24N2O/c1-2-15-9-10-18(21)20(13-11-15)14-17-7-4-3-6-16(17)8-5-12-19/h3-4,6-7,15H,2,9-14,19H2,1H3. The molecule has 0 aromatic heterocycles. The Balaban J connectivity index is 2.12. The highest BCUT2D eigenvalue weighted by molar-refractivity contribution is 5.76. The number of hydrogen-bond donors (Lipinski definition) is 1. The van der Waals surface area contributed by atoms with Crippen LogP contribution in [0.4, 0.5) is 0 Å². The van der Waals surface area contributed by atoms with E-state index in [1.54, 1.807) is 0 Å². The molecular weight excluding hydrogens is 260 g/mol. The molecule has 1 aromatic carbocycles. The molecule has 0 radical (unpaired) electrons. The van der Waals surface area contributed by atoms with Crippen molar-refractivity contribution in [1.82, 2.24) is 4.90 Å². The van der Waals surface area contributed by atoms with Crippen LogP contribution in [0.3, 0.4) is 0 Å². The Labute approximate surface area is 127 Å². The predicted octanol–water partition coefficient (Wildman–Crippen LogP) is 2.54. The minimum absolute atomic E-state index is 0.271. The second-order valence-corrected chi connectivity index (χ2v) is 5.58. The van der Waals surface area contributed by atoms with Gasteiger partial charge in [0, 0.05) is 25.1 Å². The quantitative estimate of drug-likeness (QED) is 0.867. The van der Waals surface area contributed by atoms with Gasteiger partial charge in [-0.15, -0.1) is 0 Å². The molecule has 0 bridgehead atoms. The van der Waals surface area contributed by atoms with Crippen LogP contribution in [0, 0.1) is 17.8 Å². The van der Waals surface area contributed by atoms with Gasteiger partial charge in [-0.05, 0) is 30.4 Å². The Morgan fingerprint density at radius 2 is 2.14 bits per heavy atom. The molecule has 0 aliphatic carbocycles. The van der Waals surface area contributed by atoms with Gasteiger partial charge in [0.25, 0.3) is 0 Å². The summed E-state index contributed by atoms with van der Waals surface area (Å²) in [5, 5.41) is 0. The number of likely N-dealkylation sites (tertiary alicyclic amines) is 1. The van der Waals surface area contributed by atoms with Crippen LogP contribution in [0.5, 0.6) is 0 Å². The molecule has 3 heteroatoms. The highest BCUT2D eigenvalue weighted by Crippen LogP contribution is 2.22. The number of nitrogens with zero attached hydrogens (tertiary/aromatic N) is 1. The van der Waals surface area contributed by atoms with Crippen molar-refractivity contribution in [3.63, 3.8) is 0 Å². The normalized spacial score (nSPS) is 18.9. The van der Waals surface area contributed by atoms with Crippen molar-refractivity contribution in [3.05, 3.63) is 35.4 Å². The van der Waals surface area contributed by atoms with E-state index in [-0.39, 0.29) is 5.91 Å². The van der Waals surface area contributed by atoms with Gasteiger partial charge >= 0.3 is 0 Å². The molecule has 0 spiro atoms. The van der Waals surface area contributed by atoms with Gasteiger partial charge in [0.15, 0.2) is 0 Å². The van der Waals surface area contributed by atoms with Crippen molar-refractivity contribution < 1.29 is 4.79 Å². The predicted molar refractivity (Wildman–Crippen MR) is 85.4 cm³/mol. The van der Waals surface area contributed by atoms with E-state index in [1.807, 2.05) is 23.1 Å². The third-order valence-electron chi connectivity index (χ3n) is 4.21. The van der Waals surface area contributed by atoms with E-state index in [9.17, 15) is 4.79 Å². The molecule has 1 aliphatic rings. The largest absolute Gasteiger partial charge is 0.338 e. The zero-order valence-corrected chi connectivity index (χ0v) is 12.8. The Hall–Kier alpha value is -1.79. The topological polar surface area (TPSA) is 46.3 Å². The van der Waals surface area contributed by atoms with Crippen LogP contribution in [0.2, 0.25) is 0 Å². The maximum absolute atomic E-state index is 12.3. The van der Waals surface area contributed by atoms with E-state index >= 15 is 0 Å². The molecule has 112 valence electrons. The molecule has 2 rings (SSSR count). The third kappa shape index (κ3) is 4.34. The van der Waals surface area contributed by atoms with Crippen LogP contribution in [-0.2, 0) is 11.3 Å². The van der Waals surface area contributed by atoms with Crippen LogP contribution < -0.4 is 5.73 Å². The van der Waals surface area contributed by atoms with E-state index in [1.165, 1.54) is 6.42 Å². The fraction of sp³-hybridized carbons (Fsp3) is 0.500. The van der Waals surface area contributed by atoms with Gasteiger partial charge in [0.1, 0.15) is 0 Å². The number of carbonyl (C=O) groups excluding carboxylic acids is 1. The molecule has 1 unspecified atom stereocenters. The average molecular weight is 284 g/mol. The highest BCUT2D eigenvalue weighted by Gasteiger charge is 2.21. The van der Waals surface area contributed by atoms with Gasteiger partial charge in [-0.3, -0.25) is 4.79 Å². The van der Waals surface area contributed by atoms with E-state index < -0.39 is 0 Å². The molecule has 1 heterocycles. The lowest BCUT2D eigenvalue weighted by molar-refractivity contribution is -0.131. The minimum Gasteiger partial charge on any atom is -0.338 e. The molecule has 1 saturated heterocycles. The van der Waals surface area contributed by atoms with E-state index in [4.69, 9.17) is 5.73 Å². The highest BCUT2D eigenvalue weighted by atomic mass is 16.2. The number of carbonyl (C=O) groups is 1. The second kappa shape index (κ2) is 7.85. The summed E-state index contributed by atoms with van der Waals surface area (Å²) in [6, 6.07) is 8.02. The first-order valence-corrected chi connectivity index (χ1v) is 7.79. The van der Waals surface area contributed by atoms with E-state index in [0.717, 1.165) is 30.5 Å². The Kier molecular flexibility index (Phi) is 5.83. The first-order valence-electron chi connectivity index (χ1n) is 7.79. The van der Waals surface area contributed by atoms with Crippen molar-refractivity contribution >= 4 is 5.91 Å². The van der Waals surface area contributed by atoms with Crippen LogP contribution in [0.25, 0.3) is 0 Å². The van der Waals surface area contributed by atoms with Crippen molar-refractivity contribution in [2.45, 2.75) is 39.2 Å². The SMILES string of the molecule is CCC1CCC(=O)N(Cc2ccccc2C#CCN)CC1. The lowest BCUT2D eigenvalue weighted by Crippen LogP contribution is -2.30. The summed E-state index contributed by atoms with van der Waals surface area (Å²) in [6.07, 6.45) is 3.98. The summed E-state index contributed by atoms with van der Waals surface area (Å²) < 4.78 is 0. The third-order valence-corrected chi connectivity index (χ3v) is 4.21. The fourth-order valence-electron chi connectivity index (χ4n) is 2.80. The molecule has 1 aliphatic heterocycles. The summed E-state index contributed by atoms with van der Waals surface area (Å²) in [7, 11) is 0. The van der Waals surface area contributed by atoms with Gasteiger partial charge in [-0.1, -0.05) is 43.4 Å². The molecule has 1 aromatic rings. The molecule has 0 saturated carbocycles. The Morgan fingerprint density at radius 3 is 2.90 bits per heavy atom. The molecule has 2 N–H and O–H groups in total. The lowest BCUT2D eigenvalue weighted by Gasteiger charge is -2.21. The minimum atomic E-state index is 0.271. The first kappa shape index (κ1) is 15.6. The van der Waals surface area contributed by atoms with Crippen LogP contribution >= 0.6 is 0 Å². The Morgan fingerprint density at radius 1 is 1.33 bits per heavy atom. The zero-order chi connectivity index (χ0) is 15.1. The van der Waals surface area contributed by atoms with Gasteiger partial charge in [0.2, 0.25) is 5.91 Å². The van der Waals surface area contributed by atoms with Gasteiger partial charge in [-0.2, -0.15) is 0 Å². The fourth-order valence-corrected chi connectivity index (χ4v) is 2.80. The van der Waals surface area contributed by atoms with Crippen LogP contribution in [0.1, 0.15) is 43.7 Å². The van der Waals surface area contributed by atoms with Gasteiger partial charge in [-0.25, -0.2) is 0 Å². The average Bonchev–Trinajstić information content (AvgIpc) is 2.69. The number of hydrogen-bond acceptors (Lipinski definition) is 2. The smallest absolute Gasteiger partial charge is 0.222 e. The van der Waals surface area contributed by atoms with Crippen LogP contribution in [0.15, 0.2) is 24.3 Å². The lowest BCUT2D eigenvalue weighted by atomic mass is 9.98. The van der Waals surface area contributed by atoms with Crippen molar-refractivity contribution in [2.24, 2.45) is 11.7 Å². The van der Waals surface area contributed by atoms with E-state index in [0.29, 0.717) is 25.4 Å². The monoisotopic (exact) mass is 284 g/mol. The van der Waals surface area contributed by atoms with Gasteiger partial charge in [0.05, 0.1) is 6.54 Å². The number of benzene rings is 1. The summed E-state index contributed by atoms with van der Waals surface area (Å²) in [5.74, 6) is 6.95. The first-order chi connectivity index (χ1) is 10.2. The molecule has 1 amide bonds. The number of nitrogens with two attached hydrogens (primary N) is 1. The van der Waals surface area contributed by atoms with Crippen molar-refractivity contribution in [2.75, 3.05) is 13.1 Å². The molecule has 1 atom stereocenters. The Bertz CT molecular complexity index is 542. The zero-order valence-electron chi connectivity index (χ0n) is 12.8. The summed E-state index contributed by atoms with van der Waals surface area (Å²) >= 11 is 0. The maximum atomic E-state index is 12.3. The molecular formula is C18H24N2O. The van der Waals surface area contributed by atoms with Crippen molar-refractivity contribution in [3.8, 4) is 11.8 Å². The van der Waals surface area contributed by atoms with Crippen molar-refractivity contribution in [1.29, 1.82) is 0 Å². The second-order valence-electron chi connectivity index (χ2n) is 5.58. The summed E-state index contributed by atoms with van der Waals surface area (Å²) in [6.45, 7) is 4.08. The maximum Gasteiger partial charge on any atom is 0.222 e. The number of rotatable bonds is 3.